The molecule has 1 aromatic carbocycles. The molecule has 4 amide bonds. The van der Waals surface area contributed by atoms with Crippen LogP contribution in [0.4, 0.5) is 10.5 Å². The molecule has 0 spiro atoms. The fourth-order valence-electron chi connectivity index (χ4n) is 6.05. The normalized spacial score (nSPS) is 21.5. The number of nitrogens with one attached hydrogen (secondary N) is 3. The van der Waals surface area contributed by atoms with Crippen molar-refractivity contribution in [2.75, 3.05) is 32.1 Å². The van der Waals surface area contributed by atoms with Crippen molar-refractivity contribution in [3.05, 3.63) is 29.8 Å². The summed E-state index contributed by atoms with van der Waals surface area (Å²) in [5.74, 6) is -2.46. The second-order valence-corrected chi connectivity index (χ2v) is 12.8. The molecular formula is C33H51N5O6. The molecule has 1 saturated carbocycles. The number of likely N-dealkylation sites (tertiary alicyclic amines) is 1. The SMILES string of the molecule is CCCCCCCCC1C[C@]1(NC(=O)[C@@H]1CCCN1C(=O)CNC(=O)N[C@H](C(=O)c1ccc(N(C)C)cc1)C(C)C)C(=O)O. The summed E-state index contributed by atoms with van der Waals surface area (Å²) < 4.78 is 0. The lowest BCUT2D eigenvalue weighted by atomic mass is 9.95. The van der Waals surface area contributed by atoms with Gasteiger partial charge < -0.3 is 30.9 Å². The van der Waals surface area contributed by atoms with Gasteiger partial charge in [-0.2, -0.15) is 0 Å². The van der Waals surface area contributed by atoms with E-state index in [1.165, 1.54) is 24.2 Å². The Labute approximate surface area is 261 Å². The fourth-order valence-corrected chi connectivity index (χ4v) is 6.05. The summed E-state index contributed by atoms with van der Waals surface area (Å²) in [6.45, 7) is 5.82. The Bertz CT molecular complexity index is 1170. The van der Waals surface area contributed by atoms with Crippen LogP contribution in [0.5, 0.6) is 0 Å². The number of urea groups is 1. The number of nitrogens with zero attached hydrogens (tertiary/aromatic N) is 2. The van der Waals surface area contributed by atoms with Crippen LogP contribution in [-0.4, -0.2) is 84.4 Å². The van der Waals surface area contributed by atoms with E-state index in [2.05, 4.69) is 22.9 Å². The van der Waals surface area contributed by atoms with Crippen LogP contribution in [0, 0.1) is 11.8 Å². The molecule has 1 aromatic rings. The molecule has 0 aromatic heterocycles. The number of hydrogen-bond donors (Lipinski definition) is 4. The summed E-state index contributed by atoms with van der Waals surface area (Å²) in [5, 5.41) is 17.9. The first-order chi connectivity index (χ1) is 20.9. The molecule has 1 heterocycles. The number of amides is 4. The number of rotatable bonds is 17. The Morgan fingerprint density at radius 3 is 2.30 bits per heavy atom. The third-order valence-electron chi connectivity index (χ3n) is 8.92. The van der Waals surface area contributed by atoms with Crippen molar-refractivity contribution in [1.29, 1.82) is 0 Å². The van der Waals surface area contributed by atoms with E-state index in [4.69, 9.17) is 0 Å². The summed E-state index contributed by atoms with van der Waals surface area (Å²) in [4.78, 5) is 67.7. The van der Waals surface area contributed by atoms with Gasteiger partial charge in [0.05, 0.1) is 12.6 Å². The van der Waals surface area contributed by atoms with Crippen LogP contribution < -0.4 is 20.9 Å². The quantitative estimate of drug-likeness (QED) is 0.154. The van der Waals surface area contributed by atoms with E-state index in [-0.39, 0.29) is 24.2 Å². The van der Waals surface area contributed by atoms with E-state index in [0.29, 0.717) is 31.4 Å². The maximum atomic E-state index is 13.2. The Hall–Kier alpha value is -3.63. The molecule has 4 N–H and O–H groups in total. The van der Waals surface area contributed by atoms with Crippen LogP contribution in [0.15, 0.2) is 24.3 Å². The number of aliphatic carboxylic acids is 1. The molecule has 44 heavy (non-hydrogen) atoms. The minimum absolute atomic E-state index is 0.103. The summed E-state index contributed by atoms with van der Waals surface area (Å²) in [6.07, 6.45) is 8.89. The van der Waals surface area contributed by atoms with Crippen LogP contribution in [0.3, 0.4) is 0 Å². The Kier molecular flexibility index (Phi) is 12.6. The third-order valence-corrected chi connectivity index (χ3v) is 8.92. The van der Waals surface area contributed by atoms with Gasteiger partial charge in [0.1, 0.15) is 11.6 Å². The van der Waals surface area contributed by atoms with Gasteiger partial charge in [0, 0.05) is 31.9 Å². The molecule has 1 unspecified atom stereocenters. The highest BCUT2D eigenvalue weighted by atomic mass is 16.4. The molecule has 11 nitrogen and oxygen atoms in total. The number of carboxylic acids is 1. The lowest BCUT2D eigenvalue weighted by Gasteiger charge is -2.26. The van der Waals surface area contributed by atoms with Gasteiger partial charge in [0.2, 0.25) is 11.8 Å². The van der Waals surface area contributed by atoms with E-state index in [1.807, 2.05) is 45.0 Å². The topological polar surface area (TPSA) is 148 Å². The van der Waals surface area contributed by atoms with Crippen molar-refractivity contribution in [3.63, 3.8) is 0 Å². The van der Waals surface area contributed by atoms with Crippen LogP contribution in [0.1, 0.15) is 95.3 Å². The van der Waals surface area contributed by atoms with E-state index < -0.39 is 41.4 Å². The van der Waals surface area contributed by atoms with E-state index in [1.54, 1.807) is 12.1 Å². The van der Waals surface area contributed by atoms with Crippen LogP contribution in [0.2, 0.25) is 0 Å². The number of anilines is 1. The molecule has 1 aliphatic carbocycles. The summed E-state index contributed by atoms with van der Waals surface area (Å²) in [5.41, 5.74) is 0.158. The van der Waals surface area contributed by atoms with E-state index >= 15 is 0 Å². The first-order valence-corrected chi connectivity index (χ1v) is 16.1. The number of carboxylic acid groups (broad SMARTS) is 1. The predicted molar refractivity (Wildman–Crippen MR) is 170 cm³/mol. The Morgan fingerprint density at radius 1 is 1.02 bits per heavy atom. The number of ketones is 1. The average Bonchev–Trinajstić information content (AvgIpc) is 3.45. The maximum absolute atomic E-state index is 13.2. The van der Waals surface area contributed by atoms with Gasteiger partial charge in [-0.05, 0) is 61.8 Å². The second kappa shape index (κ2) is 15.9. The molecule has 11 heteroatoms. The largest absolute Gasteiger partial charge is 0.479 e. The highest BCUT2D eigenvalue weighted by molar-refractivity contribution is 6.02. The minimum Gasteiger partial charge on any atom is -0.479 e. The van der Waals surface area contributed by atoms with Crippen molar-refractivity contribution in [2.45, 2.75) is 103 Å². The predicted octanol–water partition coefficient (Wildman–Crippen LogP) is 3.96. The maximum Gasteiger partial charge on any atom is 0.329 e. The molecule has 1 saturated heterocycles. The van der Waals surface area contributed by atoms with E-state index in [9.17, 15) is 29.1 Å². The van der Waals surface area contributed by atoms with Crippen molar-refractivity contribution >= 4 is 35.3 Å². The minimum atomic E-state index is -1.26. The van der Waals surface area contributed by atoms with E-state index in [0.717, 1.165) is 31.4 Å². The Balaban J connectivity index is 1.51. The standard InChI is InChI=1S/C33H51N5O6/c1-6-7-8-9-10-11-13-24-20-33(24,31(42)43)36-30(41)26-14-12-19-38(26)27(39)21-34-32(44)35-28(22(2)3)29(40)23-15-17-25(18-16-23)37(4)5/h15-18,22,24,26,28H,6-14,19-21H2,1-5H3,(H,36,41)(H,42,43)(H2,34,35,44)/t24?,26-,28-,33+/m0/s1. The number of hydrogen-bond acceptors (Lipinski definition) is 6. The smallest absolute Gasteiger partial charge is 0.329 e. The third kappa shape index (κ3) is 8.95. The van der Waals surface area contributed by atoms with Crippen molar-refractivity contribution in [3.8, 4) is 0 Å². The number of carbonyl (C=O) groups is 5. The zero-order valence-corrected chi connectivity index (χ0v) is 27.0. The summed E-state index contributed by atoms with van der Waals surface area (Å²) in [6, 6.07) is 4.89. The van der Waals surface area contributed by atoms with Gasteiger partial charge in [-0.25, -0.2) is 9.59 Å². The van der Waals surface area contributed by atoms with Gasteiger partial charge in [0.15, 0.2) is 5.78 Å². The monoisotopic (exact) mass is 613 g/mol. The molecule has 0 radical (unpaired) electrons. The second-order valence-electron chi connectivity index (χ2n) is 12.8. The van der Waals surface area contributed by atoms with Gasteiger partial charge in [-0.15, -0.1) is 0 Å². The molecule has 1 aliphatic heterocycles. The molecule has 0 bridgehead atoms. The van der Waals surface area contributed by atoms with Gasteiger partial charge >= 0.3 is 12.0 Å². The first-order valence-electron chi connectivity index (χ1n) is 16.1. The molecule has 244 valence electrons. The molecule has 3 rings (SSSR count). The number of benzene rings is 1. The summed E-state index contributed by atoms with van der Waals surface area (Å²) >= 11 is 0. The zero-order chi connectivity index (χ0) is 32.4. The first kappa shape index (κ1) is 34.9. The molecule has 4 atom stereocenters. The van der Waals surface area contributed by atoms with Crippen LogP contribution in [-0.2, 0) is 14.4 Å². The van der Waals surface area contributed by atoms with Crippen LogP contribution >= 0.6 is 0 Å². The molecular weight excluding hydrogens is 562 g/mol. The lowest BCUT2D eigenvalue weighted by molar-refractivity contribution is -0.145. The molecule has 2 fully saturated rings. The number of Topliss-reactive ketones (excluding diaryl/α,β-unsaturated/α-hetero) is 1. The fraction of sp³-hybridized carbons (Fsp3) is 0.667. The highest BCUT2D eigenvalue weighted by Crippen LogP contribution is 2.47. The van der Waals surface area contributed by atoms with Crippen molar-refractivity contribution in [1.82, 2.24) is 20.9 Å². The lowest BCUT2D eigenvalue weighted by Crippen LogP contribution is -2.55. The number of carbonyl (C=O) groups excluding carboxylic acids is 4. The van der Waals surface area contributed by atoms with Gasteiger partial charge in [-0.1, -0.05) is 59.3 Å². The van der Waals surface area contributed by atoms with Crippen LogP contribution in [0.25, 0.3) is 0 Å². The molecule has 2 aliphatic rings. The number of unbranched alkanes of at least 4 members (excludes halogenated alkanes) is 5. The van der Waals surface area contributed by atoms with Gasteiger partial charge in [-0.3, -0.25) is 14.4 Å². The van der Waals surface area contributed by atoms with Crippen molar-refractivity contribution in [2.24, 2.45) is 11.8 Å². The zero-order valence-electron chi connectivity index (χ0n) is 27.0. The van der Waals surface area contributed by atoms with Gasteiger partial charge in [0.25, 0.3) is 0 Å². The Morgan fingerprint density at radius 2 is 1.68 bits per heavy atom. The average molecular weight is 614 g/mol. The summed E-state index contributed by atoms with van der Waals surface area (Å²) in [7, 11) is 3.81. The highest BCUT2D eigenvalue weighted by Gasteiger charge is 2.61. The van der Waals surface area contributed by atoms with Crippen molar-refractivity contribution < 1.29 is 29.1 Å².